The van der Waals surface area contributed by atoms with Gasteiger partial charge >= 0.3 is 0 Å². The third kappa shape index (κ3) is 3.11. The van der Waals surface area contributed by atoms with E-state index in [2.05, 4.69) is 24.4 Å². The van der Waals surface area contributed by atoms with Gasteiger partial charge in [0.05, 0.1) is 6.04 Å². The number of hydrogen-bond acceptors (Lipinski definition) is 4. The number of nitrogens with two attached hydrogens (primary N) is 1. The van der Waals surface area contributed by atoms with Gasteiger partial charge in [0, 0.05) is 12.2 Å². The molecule has 4 heteroatoms. The average molecular weight is 284 g/mol. The van der Waals surface area contributed by atoms with Crippen molar-refractivity contribution in [1.82, 2.24) is 0 Å². The van der Waals surface area contributed by atoms with Crippen molar-refractivity contribution in [2.45, 2.75) is 13.0 Å². The van der Waals surface area contributed by atoms with E-state index in [1.165, 1.54) is 5.56 Å². The van der Waals surface area contributed by atoms with Crippen LogP contribution in [0, 0.1) is 6.92 Å². The third-order valence-corrected chi connectivity index (χ3v) is 3.56. The summed E-state index contributed by atoms with van der Waals surface area (Å²) >= 11 is 0. The maximum absolute atomic E-state index is 5.93. The summed E-state index contributed by atoms with van der Waals surface area (Å²) in [5, 5.41) is 3.47. The summed E-state index contributed by atoms with van der Waals surface area (Å²) in [5.74, 6) is 1.60. The molecule has 3 rings (SSSR count). The lowest BCUT2D eigenvalue weighted by molar-refractivity contribution is 0.171. The van der Waals surface area contributed by atoms with Gasteiger partial charge in [-0.1, -0.05) is 18.2 Å². The largest absolute Gasteiger partial charge is 0.486 e. The van der Waals surface area contributed by atoms with Crippen molar-refractivity contribution in [3.8, 4) is 11.5 Å². The Labute approximate surface area is 124 Å². The second-order valence-electron chi connectivity index (χ2n) is 5.21. The van der Waals surface area contributed by atoms with E-state index in [0.717, 1.165) is 22.7 Å². The van der Waals surface area contributed by atoms with E-state index >= 15 is 0 Å². The molecule has 0 spiro atoms. The Morgan fingerprint density at radius 3 is 2.67 bits per heavy atom. The molecule has 1 aliphatic rings. The zero-order valence-corrected chi connectivity index (χ0v) is 12.1. The molecule has 0 radical (unpaired) electrons. The molecule has 0 aromatic heterocycles. The van der Waals surface area contributed by atoms with Gasteiger partial charge < -0.3 is 20.5 Å². The van der Waals surface area contributed by atoms with Gasteiger partial charge in [0.25, 0.3) is 0 Å². The standard InChI is InChI=1S/C17H20N2O2/c1-12-3-2-4-14(9-12)19-15(11-18)13-5-6-16-17(10-13)21-8-7-20-16/h2-6,9-10,15,19H,7-8,11,18H2,1H3. The van der Waals surface area contributed by atoms with E-state index in [4.69, 9.17) is 15.2 Å². The number of ether oxygens (including phenoxy) is 2. The van der Waals surface area contributed by atoms with E-state index in [1.807, 2.05) is 30.3 Å². The minimum absolute atomic E-state index is 0.0441. The van der Waals surface area contributed by atoms with Gasteiger partial charge in [-0.05, 0) is 42.3 Å². The van der Waals surface area contributed by atoms with Crippen LogP contribution in [0.25, 0.3) is 0 Å². The van der Waals surface area contributed by atoms with Crippen LogP contribution in [-0.4, -0.2) is 19.8 Å². The highest BCUT2D eigenvalue weighted by Gasteiger charge is 2.16. The number of fused-ring (bicyclic) bond motifs is 1. The normalized spacial score (nSPS) is 14.6. The van der Waals surface area contributed by atoms with Crippen LogP contribution in [0.2, 0.25) is 0 Å². The maximum Gasteiger partial charge on any atom is 0.161 e. The SMILES string of the molecule is Cc1cccc(NC(CN)c2ccc3c(c2)OCCO3)c1. The first-order valence-corrected chi connectivity index (χ1v) is 7.19. The summed E-state index contributed by atoms with van der Waals surface area (Å²) in [4.78, 5) is 0. The Morgan fingerprint density at radius 2 is 1.90 bits per heavy atom. The van der Waals surface area contributed by atoms with E-state index in [-0.39, 0.29) is 6.04 Å². The summed E-state index contributed by atoms with van der Waals surface area (Å²) in [6, 6.07) is 14.3. The molecule has 2 aromatic carbocycles. The lowest BCUT2D eigenvalue weighted by atomic mass is 10.1. The van der Waals surface area contributed by atoms with Gasteiger partial charge in [-0.3, -0.25) is 0 Å². The molecule has 0 saturated heterocycles. The molecule has 0 aliphatic carbocycles. The number of benzene rings is 2. The number of hydrogen-bond donors (Lipinski definition) is 2. The molecule has 0 amide bonds. The molecule has 1 unspecified atom stereocenters. The first kappa shape index (κ1) is 13.8. The molecule has 21 heavy (non-hydrogen) atoms. The lowest BCUT2D eigenvalue weighted by Gasteiger charge is -2.23. The molecule has 0 saturated carbocycles. The molecular weight excluding hydrogens is 264 g/mol. The predicted molar refractivity (Wildman–Crippen MR) is 84.0 cm³/mol. The van der Waals surface area contributed by atoms with Crippen LogP contribution in [0.1, 0.15) is 17.2 Å². The Bertz CT molecular complexity index is 628. The van der Waals surface area contributed by atoms with Gasteiger partial charge in [0.15, 0.2) is 11.5 Å². The molecule has 1 heterocycles. The smallest absolute Gasteiger partial charge is 0.161 e. The molecule has 0 bridgehead atoms. The summed E-state index contributed by atoms with van der Waals surface area (Å²) in [5.41, 5.74) is 9.32. The van der Waals surface area contributed by atoms with Crippen LogP contribution < -0.4 is 20.5 Å². The fraction of sp³-hybridized carbons (Fsp3) is 0.294. The zero-order chi connectivity index (χ0) is 14.7. The number of nitrogens with one attached hydrogen (secondary N) is 1. The quantitative estimate of drug-likeness (QED) is 0.906. The monoisotopic (exact) mass is 284 g/mol. The van der Waals surface area contributed by atoms with Crippen molar-refractivity contribution in [3.05, 3.63) is 53.6 Å². The van der Waals surface area contributed by atoms with E-state index in [9.17, 15) is 0 Å². The summed E-state index contributed by atoms with van der Waals surface area (Å²) in [6.45, 7) is 3.78. The molecule has 0 fully saturated rings. The van der Waals surface area contributed by atoms with Crippen molar-refractivity contribution >= 4 is 5.69 Å². The van der Waals surface area contributed by atoms with Gasteiger partial charge in [-0.2, -0.15) is 0 Å². The second kappa shape index (κ2) is 6.06. The van der Waals surface area contributed by atoms with Crippen molar-refractivity contribution in [2.75, 3.05) is 25.1 Å². The Kier molecular flexibility index (Phi) is 3.97. The number of rotatable bonds is 4. The fourth-order valence-corrected chi connectivity index (χ4v) is 2.49. The molecule has 110 valence electrons. The first-order chi connectivity index (χ1) is 10.3. The summed E-state index contributed by atoms with van der Waals surface area (Å²) in [7, 11) is 0. The fourth-order valence-electron chi connectivity index (χ4n) is 2.49. The highest BCUT2D eigenvalue weighted by atomic mass is 16.6. The van der Waals surface area contributed by atoms with Crippen LogP contribution in [0.15, 0.2) is 42.5 Å². The van der Waals surface area contributed by atoms with Crippen LogP contribution in [-0.2, 0) is 0 Å². The highest BCUT2D eigenvalue weighted by molar-refractivity contribution is 5.50. The van der Waals surface area contributed by atoms with Crippen LogP contribution in [0.4, 0.5) is 5.69 Å². The highest BCUT2D eigenvalue weighted by Crippen LogP contribution is 2.33. The van der Waals surface area contributed by atoms with Gasteiger partial charge in [0.2, 0.25) is 0 Å². The van der Waals surface area contributed by atoms with Crippen molar-refractivity contribution in [2.24, 2.45) is 5.73 Å². The van der Waals surface area contributed by atoms with Crippen molar-refractivity contribution < 1.29 is 9.47 Å². The van der Waals surface area contributed by atoms with Crippen LogP contribution in [0.5, 0.6) is 11.5 Å². The maximum atomic E-state index is 5.93. The minimum Gasteiger partial charge on any atom is -0.486 e. The first-order valence-electron chi connectivity index (χ1n) is 7.19. The Balaban J connectivity index is 1.82. The van der Waals surface area contributed by atoms with Gasteiger partial charge in [0.1, 0.15) is 13.2 Å². The van der Waals surface area contributed by atoms with E-state index in [0.29, 0.717) is 19.8 Å². The predicted octanol–water partition coefficient (Wildman–Crippen LogP) is 2.88. The van der Waals surface area contributed by atoms with Gasteiger partial charge in [-0.25, -0.2) is 0 Å². The zero-order valence-electron chi connectivity index (χ0n) is 12.1. The van der Waals surface area contributed by atoms with Crippen LogP contribution in [0.3, 0.4) is 0 Å². The third-order valence-electron chi connectivity index (χ3n) is 3.56. The second-order valence-corrected chi connectivity index (χ2v) is 5.21. The Hall–Kier alpha value is -2.20. The summed E-state index contributed by atoms with van der Waals surface area (Å²) in [6.07, 6.45) is 0. The number of anilines is 1. The summed E-state index contributed by atoms with van der Waals surface area (Å²) < 4.78 is 11.2. The average Bonchev–Trinajstić information content (AvgIpc) is 2.52. The van der Waals surface area contributed by atoms with E-state index in [1.54, 1.807) is 0 Å². The van der Waals surface area contributed by atoms with Gasteiger partial charge in [-0.15, -0.1) is 0 Å². The molecule has 3 N–H and O–H groups in total. The molecular formula is C17H20N2O2. The molecule has 2 aromatic rings. The molecule has 1 atom stereocenters. The topological polar surface area (TPSA) is 56.5 Å². The molecule has 1 aliphatic heterocycles. The van der Waals surface area contributed by atoms with Crippen molar-refractivity contribution in [1.29, 1.82) is 0 Å². The Morgan fingerprint density at radius 1 is 1.10 bits per heavy atom. The lowest BCUT2D eigenvalue weighted by Crippen LogP contribution is -2.21. The van der Waals surface area contributed by atoms with E-state index < -0.39 is 0 Å². The number of aryl methyl sites for hydroxylation is 1. The van der Waals surface area contributed by atoms with Crippen molar-refractivity contribution in [3.63, 3.8) is 0 Å². The molecule has 4 nitrogen and oxygen atoms in total. The minimum atomic E-state index is 0.0441. The van der Waals surface area contributed by atoms with Crippen LogP contribution >= 0.6 is 0 Å².